The molecule has 0 spiro atoms. The Morgan fingerprint density at radius 1 is 0.793 bits per heavy atom. The molecule has 0 amide bonds. The minimum atomic E-state index is -4.28. The normalized spacial score (nSPS) is 12.3. The van der Waals surface area contributed by atoms with Gasteiger partial charge in [0.2, 0.25) is 0 Å². The second-order valence-electron chi connectivity index (χ2n) is 5.94. The molecule has 0 fully saturated rings. The summed E-state index contributed by atoms with van der Waals surface area (Å²) in [5.74, 6) is 0.557. The van der Waals surface area contributed by atoms with E-state index in [1.807, 2.05) is 0 Å². The Morgan fingerprint density at radius 3 is 1.52 bits per heavy atom. The fraction of sp³-hybridized carbons (Fsp3) is 0.0556. The third-order valence-electron chi connectivity index (χ3n) is 3.51. The lowest BCUT2D eigenvalue weighted by Gasteiger charge is -2.12. The molecule has 2 rings (SSSR count). The summed E-state index contributed by atoms with van der Waals surface area (Å²) >= 11 is 0. The van der Waals surface area contributed by atoms with Crippen LogP contribution in [0.5, 0.6) is 0 Å². The number of nitrogens with one attached hydrogen (secondary N) is 2. The maximum atomic E-state index is 11.1. The first-order valence-corrected chi connectivity index (χ1v) is 10.9. The van der Waals surface area contributed by atoms with Gasteiger partial charge in [-0.1, -0.05) is 13.2 Å². The molecule has 2 aromatic rings. The summed E-state index contributed by atoms with van der Waals surface area (Å²) in [6.45, 7) is 9.29. The highest BCUT2D eigenvalue weighted by Crippen LogP contribution is 2.17. The number of anilines is 2. The number of amidine groups is 1. The van der Waals surface area contributed by atoms with E-state index in [0.717, 1.165) is 0 Å². The maximum absolute atomic E-state index is 11.1. The van der Waals surface area contributed by atoms with E-state index >= 15 is 0 Å². The molecule has 0 unspecified atom stereocenters. The van der Waals surface area contributed by atoms with Crippen molar-refractivity contribution >= 4 is 37.4 Å². The molecule has 0 aromatic heterocycles. The van der Waals surface area contributed by atoms with Crippen LogP contribution in [0.4, 0.5) is 11.4 Å². The van der Waals surface area contributed by atoms with Gasteiger partial charge in [0, 0.05) is 11.4 Å². The standard InChI is InChI=1S/C18H19N3O6S2/c1-12(2)18(21-15-6-10-17(11-7-15)29(25,26)27)20-13(3)19-14-4-8-16(9-5-14)28(22,23)24/h4-11,19H,1,3H2,2H3,(H,20,21)(H,22,23,24)(H,25,26,27). The second kappa shape index (κ2) is 8.57. The van der Waals surface area contributed by atoms with Crippen molar-refractivity contribution in [2.45, 2.75) is 16.7 Å². The maximum Gasteiger partial charge on any atom is 0.294 e. The van der Waals surface area contributed by atoms with Crippen LogP contribution in [0.3, 0.4) is 0 Å². The highest BCUT2D eigenvalue weighted by atomic mass is 32.2. The number of aliphatic imine (C=N–C) groups is 1. The van der Waals surface area contributed by atoms with E-state index < -0.39 is 20.2 Å². The largest absolute Gasteiger partial charge is 0.341 e. The van der Waals surface area contributed by atoms with Crippen LogP contribution in [0.15, 0.2) is 87.9 Å². The van der Waals surface area contributed by atoms with Gasteiger partial charge in [0.15, 0.2) is 0 Å². The minimum Gasteiger partial charge on any atom is -0.341 e. The smallest absolute Gasteiger partial charge is 0.294 e. The highest BCUT2D eigenvalue weighted by molar-refractivity contribution is 7.86. The van der Waals surface area contributed by atoms with Gasteiger partial charge in [0.05, 0.1) is 9.79 Å². The zero-order valence-electron chi connectivity index (χ0n) is 15.3. The lowest BCUT2D eigenvalue weighted by atomic mass is 10.2. The molecule has 0 aliphatic heterocycles. The average Bonchev–Trinajstić information content (AvgIpc) is 2.60. The molecule has 9 nitrogen and oxygen atoms in total. The number of hydrogen-bond acceptors (Lipinski definition) is 6. The molecule has 0 bridgehead atoms. The van der Waals surface area contributed by atoms with Crippen molar-refractivity contribution in [3.63, 3.8) is 0 Å². The Morgan fingerprint density at radius 2 is 1.17 bits per heavy atom. The van der Waals surface area contributed by atoms with E-state index in [1.54, 1.807) is 6.92 Å². The molecule has 0 heterocycles. The molecular weight excluding hydrogens is 418 g/mol. The van der Waals surface area contributed by atoms with Crippen molar-refractivity contribution in [1.82, 2.24) is 0 Å². The lowest BCUT2D eigenvalue weighted by molar-refractivity contribution is 0.481. The van der Waals surface area contributed by atoms with Crippen LogP contribution in [0, 0.1) is 0 Å². The van der Waals surface area contributed by atoms with Gasteiger partial charge in [0.1, 0.15) is 11.7 Å². The molecular formula is C18H19N3O6S2. The monoisotopic (exact) mass is 437 g/mol. The predicted octanol–water partition coefficient (Wildman–Crippen LogP) is 3.15. The van der Waals surface area contributed by atoms with Gasteiger partial charge in [-0.25, -0.2) is 4.99 Å². The van der Waals surface area contributed by atoms with Gasteiger partial charge in [-0.3, -0.25) is 9.11 Å². The average molecular weight is 437 g/mol. The number of rotatable bonds is 7. The Labute approximate surface area is 169 Å². The predicted molar refractivity (Wildman–Crippen MR) is 111 cm³/mol. The van der Waals surface area contributed by atoms with Gasteiger partial charge in [-0.15, -0.1) is 0 Å². The Bertz CT molecular complexity index is 1170. The van der Waals surface area contributed by atoms with Crippen molar-refractivity contribution in [2.75, 3.05) is 10.6 Å². The van der Waals surface area contributed by atoms with Gasteiger partial charge in [-0.2, -0.15) is 16.8 Å². The Hall–Kier alpha value is -2.99. The lowest BCUT2D eigenvalue weighted by Crippen LogP contribution is -2.14. The fourth-order valence-electron chi connectivity index (χ4n) is 2.12. The van der Waals surface area contributed by atoms with E-state index in [4.69, 9.17) is 9.11 Å². The fourth-order valence-corrected chi connectivity index (χ4v) is 3.08. The molecule has 29 heavy (non-hydrogen) atoms. The Kier molecular flexibility index (Phi) is 6.59. The molecule has 4 N–H and O–H groups in total. The summed E-state index contributed by atoms with van der Waals surface area (Å²) < 4.78 is 62.3. The number of hydrogen-bond donors (Lipinski definition) is 4. The minimum absolute atomic E-state index is 0.213. The van der Waals surface area contributed by atoms with Crippen molar-refractivity contribution in [2.24, 2.45) is 4.99 Å². The van der Waals surface area contributed by atoms with Crippen LogP contribution in [-0.2, 0) is 20.2 Å². The van der Waals surface area contributed by atoms with Crippen LogP contribution in [0.2, 0.25) is 0 Å². The van der Waals surface area contributed by atoms with Gasteiger partial charge < -0.3 is 10.6 Å². The van der Waals surface area contributed by atoms with Crippen molar-refractivity contribution < 1.29 is 25.9 Å². The SMILES string of the molecule is C=C(/N=C(/Nc1ccc(S(=O)(=O)O)cc1)C(=C)C)Nc1ccc(S(=O)(=O)O)cc1. The first-order valence-electron chi connectivity index (χ1n) is 7.99. The molecule has 0 saturated carbocycles. The topological polar surface area (TPSA) is 145 Å². The molecule has 0 aliphatic rings. The molecule has 0 atom stereocenters. The summed E-state index contributed by atoms with van der Waals surface area (Å²) in [6, 6.07) is 10.7. The van der Waals surface area contributed by atoms with Crippen molar-refractivity contribution in [3.8, 4) is 0 Å². The summed E-state index contributed by atoms with van der Waals surface area (Å²) in [5.41, 5.74) is 1.56. The van der Waals surface area contributed by atoms with Gasteiger partial charge in [-0.05, 0) is 61.0 Å². The second-order valence-corrected chi connectivity index (χ2v) is 8.78. The molecule has 0 saturated heterocycles. The summed E-state index contributed by atoms with van der Waals surface area (Å²) in [4.78, 5) is 3.79. The zero-order chi connectivity index (χ0) is 21.8. The van der Waals surface area contributed by atoms with Gasteiger partial charge >= 0.3 is 0 Å². The Balaban J connectivity index is 2.15. The first kappa shape index (κ1) is 22.3. The van der Waals surface area contributed by atoms with E-state index in [-0.39, 0.29) is 15.6 Å². The van der Waals surface area contributed by atoms with Crippen LogP contribution in [-0.4, -0.2) is 31.8 Å². The molecule has 2 aromatic carbocycles. The summed E-state index contributed by atoms with van der Waals surface area (Å²) in [5, 5.41) is 5.83. The van der Waals surface area contributed by atoms with Crippen molar-refractivity contribution in [1.29, 1.82) is 0 Å². The molecule has 0 aliphatic carbocycles. The number of nitrogens with zero attached hydrogens (tertiary/aromatic N) is 1. The molecule has 0 radical (unpaired) electrons. The summed E-state index contributed by atoms with van der Waals surface area (Å²) in [6.07, 6.45) is 0. The molecule has 154 valence electrons. The molecule has 11 heteroatoms. The van der Waals surface area contributed by atoms with Gasteiger partial charge in [0.25, 0.3) is 20.2 Å². The van der Waals surface area contributed by atoms with E-state index in [2.05, 4.69) is 28.8 Å². The van der Waals surface area contributed by atoms with Crippen LogP contribution in [0.1, 0.15) is 6.92 Å². The van der Waals surface area contributed by atoms with Crippen LogP contribution in [0.25, 0.3) is 0 Å². The zero-order valence-corrected chi connectivity index (χ0v) is 17.0. The van der Waals surface area contributed by atoms with E-state index in [9.17, 15) is 16.8 Å². The quantitative estimate of drug-likeness (QED) is 0.294. The van der Waals surface area contributed by atoms with Crippen LogP contribution >= 0.6 is 0 Å². The summed E-state index contributed by atoms with van der Waals surface area (Å²) in [7, 11) is -8.56. The highest BCUT2D eigenvalue weighted by Gasteiger charge is 2.10. The number of benzene rings is 2. The van der Waals surface area contributed by atoms with Crippen LogP contribution < -0.4 is 10.6 Å². The third kappa shape index (κ3) is 6.54. The van der Waals surface area contributed by atoms with E-state index in [1.165, 1.54) is 48.5 Å². The first-order chi connectivity index (χ1) is 13.4. The van der Waals surface area contributed by atoms with Crippen molar-refractivity contribution in [3.05, 3.63) is 73.1 Å². The van der Waals surface area contributed by atoms with E-state index in [0.29, 0.717) is 22.8 Å². The third-order valence-corrected chi connectivity index (χ3v) is 5.24.